The van der Waals surface area contributed by atoms with Crippen LogP contribution in [0.4, 0.5) is 0 Å². The van der Waals surface area contributed by atoms with Crippen LogP contribution >= 0.6 is 0 Å². The first-order chi connectivity index (χ1) is 10.1. The smallest absolute Gasteiger partial charge is 0.304 e. The maximum atomic E-state index is 12.6. The van der Waals surface area contributed by atoms with Crippen LogP contribution in [0.3, 0.4) is 0 Å². The van der Waals surface area contributed by atoms with Crippen molar-refractivity contribution in [2.75, 3.05) is 19.6 Å². The van der Waals surface area contributed by atoms with Gasteiger partial charge in [-0.2, -0.15) is 0 Å². The molecule has 2 aliphatic carbocycles. The van der Waals surface area contributed by atoms with Crippen LogP contribution in [-0.4, -0.2) is 52.5 Å². The molecule has 0 aliphatic heterocycles. The van der Waals surface area contributed by atoms with Gasteiger partial charge in [0.1, 0.15) is 0 Å². The average Bonchev–Trinajstić information content (AvgIpc) is 3.30. The summed E-state index contributed by atoms with van der Waals surface area (Å²) < 4.78 is 0. The Morgan fingerprint density at radius 1 is 1.33 bits per heavy atom. The fourth-order valence-corrected chi connectivity index (χ4v) is 2.93. The minimum Gasteiger partial charge on any atom is -0.481 e. The van der Waals surface area contributed by atoms with Gasteiger partial charge in [-0.25, -0.2) is 0 Å². The molecule has 21 heavy (non-hydrogen) atoms. The molecule has 1 fully saturated rings. The summed E-state index contributed by atoms with van der Waals surface area (Å²) in [6.07, 6.45) is 8.87. The summed E-state index contributed by atoms with van der Waals surface area (Å²) >= 11 is 0. The van der Waals surface area contributed by atoms with Crippen LogP contribution in [0.5, 0.6) is 0 Å². The van der Waals surface area contributed by atoms with E-state index >= 15 is 0 Å². The van der Waals surface area contributed by atoms with E-state index in [1.165, 1.54) is 6.42 Å². The van der Waals surface area contributed by atoms with E-state index in [0.29, 0.717) is 25.7 Å². The van der Waals surface area contributed by atoms with Crippen molar-refractivity contribution in [3.63, 3.8) is 0 Å². The molecule has 0 aromatic heterocycles. The maximum Gasteiger partial charge on any atom is 0.304 e. The topological polar surface area (TPSA) is 60.9 Å². The molecule has 0 aromatic rings. The minimum absolute atomic E-state index is 0.110. The van der Waals surface area contributed by atoms with Gasteiger partial charge < -0.3 is 10.0 Å². The van der Waals surface area contributed by atoms with Gasteiger partial charge in [0.15, 0.2) is 0 Å². The zero-order chi connectivity index (χ0) is 15.2. The van der Waals surface area contributed by atoms with Crippen molar-refractivity contribution in [1.29, 1.82) is 0 Å². The molecule has 1 saturated carbocycles. The number of carbonyl (C=O) groups excluding carboxylic acids is 1. The Balaban J connectivity index is 1.92. The van der Waals surface area contributed by atoms with Gasteiger partial charge in [-0.3, -0.25) is 14.5 Å². The Bertz CT molecular complexity index is 416. The highest BCUT2D eigenvalue weighted by atomic mass is 16.4. The number of carboxylic acid groups (broad SMARTS) is 1. The summed E-state index contributed by atoms with van der Waals surface area (Å²) in [4.78, 5) is 27.2. The molecule has 0 atom stereocenters. The predicted molar refractivity (Wildman–Crippen MR) is 80.8 cm³/mol. The highest BCUT2D eigenvalue weighted by Gasteiger charge is 2.31. The molecule has 0 unspecified atom stereocenters. The van der Waals surface area contributed by atoms with Crippen LogP contribution in [0.25, 0.3) is 0 Å². The molecular weight excluding hydrogens is 268 g/mol. The fourth-order valence-electron chi connectivity index (χ4n) is 2.93. The van der Waals surface area contributed by atoms with E-state index in [0.717, 1.165) is 37.8 Å². The van der Waals surface area contributed by atoms with E-state index in [4.69, 9.17) is 5.11 Å². The number of hydrogen-bond donors (Lipinski definition) is 1. The number of likely N-dealkylation sites (N-methyl/N-ethyl adjacent to an activating group) is 1. The Hall–Kier alpha value is -1.36. The zero-order valence-corrected chi connectivity index (χ0v) is 12.9. The molecule has 1 amide bonds. The number of aliphatic carboxylic acids is 1. The first-order valence-electron chi connectivity index (χ1n) is 8.07. The van der Waals surface area contributed by atoms with Gasteiger partial charge in [-0.1, -0.05) is 6.08 Å². The molecule has 2 aliphatic rings. The van der Waals surface area contributed by atoms with E-state index in [2.05, 4.69) is 6.08 Å². The molecule has 2 rings (SSSR count). The minimum atomic E-state index is -0.796. The van der Waals surface area contributed by atoms with Gasteiger partial charge in [0.2, 0.25) is 5.91 Å². The third-order valence-corrected chi connectivity index (χ3v) is 4.25. The quantitative estimate of drug-likeness (QED) is 0.746. The lowest BCUT2D eigenvalue weighted by Crippen LogP contribution is -2.41. The molecule has 0 heterocycles. The first-order valence-corrected chi connectivity index (χ1v) is 8.07. The summed E-state index contributed by atoms with van der Waals surface area (Å²) in [6.45, 7) is 3.53. The monoisotopic (exact) mass is 294 g/mol. The van der Waals surface area contributed by atoms with E-state index in [1.807, 2.05) is 16.7 Å². The molecule has 0 radical (unpaired) electrons. The molecular formula is C16H26N2O3. The number of rotatable bonds is 8. The number of hydrogen-bond acceptors (Lipinski definition) is 3. The van der Waals surface area contributed by atoms with E-state index < -0.39 is 5.97 Å². The second-order valence-corrected chi connectivity index (χ2v) is 5.92. The normalized spacial score (nSPS) is 18.5. The van der Waals surface area contributed by atoms with Crippen LogP contribution in [0, 0.1) is 0 Å². The molecule has 1 N–H and O–H groups in total. The highest BCUT2D eigenvalue weighted by molar-refractivity contribution is 5.80. The van der Waals surface area contributed by atoms with Gasteiger partial charge >= 0.3 is 5.97 Å². The van der Waals surface area contributed by atoms with Crippen molar-refractivity contribution in [1.82, 2.24) is 9.80 Å². The number of nitrogens with zero attached hydrogens (tertiary/aromatic N) is 2. The Morgan fingerprint density at radius 3 is 2.62 bits per heavy atom. The Morgan fingerprint density at radius 2 is 2.10 bits per heavy atom. The zero-order valence-electron chi connectivity index (χ0n) is 12.9. The lowest BCUT2D eigenvalue weighted by molar-refractivity contribution is -0.138. The van der Waals surface area contributed by atoms with E-state index in [9.17, 15) is 9.59 Å². The summed E-state index contributed by atoms with van der Waals surface area (Å²) in [5.74, 6) is -0.682. The molecule has 5 nitrogen and oxygen atoms in total. The molecule has 0 spiro atoms. The van der Waals surface area contributed by atoms with Crippen molar-refractivity contribution in [3.05, 3.63) is 11.8 Å². The van der Waals surface area contributed by atoms with Crippen LogP contribution in [0.1, 0.15) is 51.9 Å². The molecule has 5 heteroatoms. The number of allylic oxidation sites excluding steroid dienone is 2. The van der Waals surface area contributed by atoms with Gasteiger partial charge in [0.05, 0.1) is 13.0 Å². The van der Waals surface area contributed by atoms with Crippen LogP contribution in [-0.2, 0) is 9.59 Å². The maximum absolute atomic E-state index is 12.6. The lowest BCUT2D eigenvalue weighted by Gasteiger charge is -2.29. The van der Waals surface area contributed by atoms with Gasteiger partial charge in [-0.15, -0.1) is 0 Å². The predicted octanol–water partition coefficient (Wildman–Crippen LogP) is 2.23. The van der Waals surface area contributed by atoms with E-state index in [1.54, 1.807) is 0 Å². The summed E-state index contributed by atoms with van der Waals surface area (Å²) in [6, 6.07) is 0.410. The second-order valence-electron chi connectivity index (χ2n) is 5.92. The lowest BCUT2D eigenvalue weighted by atomic mass is 10.0. The van der Waals surface area contributed by atoms with Crippen molar-refractivity contribution in [3.8, 4) is 0 Å². The number of carbonyl (C=O) groups is 2. The number of carboxylic acids is 1. The Labute approximate surface area is 126 Å². The van der Waals surface area contributed by atoms with Crippen molar-refractivity contribution >= 4 is 11.9 Å². The third kappa shape index (κ3) is 4.84. The standard InChI is InChI=1S/C16H26N2O3/c1-2-18(14-6-4-3-5-7-14)15(19)12-17(13-8-9-13)11-10-16(20)21/h6,13H,2-5,7-12H2,1H3,(H,20,21). The van der Waals surface area contributed by atoms with Gasteiger partial charge in [-0.05, 0) is 45.4 Å². The van der Waals surface area contributed by atoms with Crippen LogP contribution < -0.4 is 0 Å². The fraction of sp³-hybridized carbons (Fsp3) is 0.750. The van der Waals surface area contributed by atoms with Crippen molar-refractivity contribution in [2.45, 2.75) is 57.9 Å². The van der Waals surface area contributed by atoms with Gasteiger partial charge in [0.25, 0.3) is 0 Å². The van der Waals surface area contributed by atoms with E-state index in [-0.39, 0.29) is 12.3 Å². The molecule has 118 valence electrons. The third-order valence-electron chi connectivity index (χ3n) is 4.25. The van der Waals surface area contributed by atoms with Crippen LogP contribution in [0.15, 0.2) is 11.8 Å². The van der Waals surface area contributed by atoms with Crippen molar-refractivity contribution in [2.24, 2.45) is 0 Å². The second kappa shape index (κ2) is 7.59. The molecule has 0 aromatic carbocycles. The SMILES string of the molecule is CCN(C(=O)CN(CCC(=O)O)C1CC1)C1=CCCCC1. The summed E-state index contributed by atoms with van der Waals surface area (Å²) in [7, 11) is 0. The summed E-state index contributed by atoms with van der Waals surface area (Å²) in [5, 5.41) is 8.83. The average molecular weight is 294 g/mol. The highest BCUT2D eigenvalue weighted by Crippen LogP contribution is 2.27. The largest absolute Gasteiger partial charge is 0.481 e. The summed E-state index contributed by atoms with van der Waals surface area (Å²) in [5.41, 5.74) is 1.16. The molecule has 0 bridgehead atoms. The number of amides is 1. The van der Waals surface area contributed by atoms with Crippen LogP contribution in [0.2, 0.25) is 0 Å². The Kier molecular flexibility index (Phi) is 5.79. The molecule has 0 saturated heterocycles. The first kappa shape index (κ1) is 16.0. The van der Waals surface area contributed by atoms with Crippen molar-refractivity contribution < 1.29 is 14.7 Å². The van der Waals surface area contributed by atoms with Gasteiger partial charge in [0, 0.05) is 24.8 Å².